The predicted octanol–water partition coefficient (Wildman–Crippen LogP) is 4.18. The lowest BCUT2D eigenvalue weighted by Crippen LogP contribution is -2.45. The predicted molar refractivity (Wildman–Crippen MR) is 79.9 cm³/mol. The van der Waals surface area contributed by atoms with Crippen LogP contribution in [0.25, 0.3) is 0 Å². The molecule has 0 aliphatic carbocycles. The number of hydrogen-bond acceptors (Lipinski definition) is 1. The summed E-state index contributed by atoms with van der Waals surface area (Å²) in [6.45, 7) is 12.3. The van der Waals surface area contributed by atoms with Gasteiger partial charge < -0.3 is 4.90 Å². The highest BCUT2D eigenvalue weighted by Gasteiger charge is 2.27. The van der Waals surface area contributed by atoms with Crippen LogP contribution in [0.2, 0.25) is 0 Å². The molecule has 0 aromatic heterocycles. The molecular formula is C15H20BrNO. The van der Waals surface area contributed by atoms with E-state index in [2.05, 4.69) is 22.5 Å². The zero-order valence-corrected chi connectivity index (χ0v) is 13.0. The lowest BCUT2D eigenvalue weighted by atomic mass is 10.0. The van der Waals surface area contributed by atoms with E-state index in [1.807, 2.05) is 50.8 Å². The third-order valence-electron chi connectivity index (χ3n) is 2.79. The molecule has 0 atom stereocenters. The molecule has 0 heterocycles. The maximum Gasteiger partial charge on any atom is 0.255 e. The summed E-state index contributed by atoms with van der Waals surface area (Å²) < 4.78 is 0.869. The summed E-state index contributed by atoms with van der Waals surface area (Å²) in [5, 5.41) is 0. The van der Waals surface area contributed by atoms with E-state index < -0.39 is 0 Å². The first kappa shape index (κ1) is 15.0. The third-order valence-corrected chi connectivity index (χ3v) is 3.84. The Morgan fingerprint density at radius 1 is 1.44 bits per heavy atom. The van der Waals surface area contributed by atoms with Crippen molar-refractivity contribution in [2.24, 2.45) is 0 Å². The van der Waals surface area contributed by atoms with Crippen LogP contribution in [-0.4, -0.2) is 22.9 Å². The lowest BCUT2D eigenvalue weighted by Gasteiger charge is -2.35. The fraction of sp³-hybridized carbons (Fsp3) is 0.400. The maximum absolute atomic E-state index is 12.6. The molecule has 0 bridgehead atoms. The summed E-state index contributed by atoms with van der Waals surface area (Å²) >= 11 is 3.49. The van der Waals surface area contributed by atoms with Crippen molar-refractivity contribution in [1.82, 2.24) is 4.90 Å². The first-order chi connectivity index (χ1) is 8.29. The minimum Gasteiger partial charge on any atom is -0.330 e. The largest absolute Gasteiger partial charge is 0.330 e. The SMILES string of the molecule is C=CCN(C(=O)c1cccc(C)c1Br)C(C)(C)C. The van der Waals surface area contributed by atoms with Gasteiger partial charge in [0.1, 0.15) is 0 Å². The molecule has 1 rings (SSSR count). The van der Waals surface area contributed by atoms with Crippen LogP contribution in [0.15, 0.2) is 35.3 Å². The Kier molecular flexibility index (Phi) is 4.74. The van der Waals surface area contributed by atoms with E-state index in [4.69, 9.17) is 0 Å². The number of hydrogen-bond donors (Lipinski definition) is 0. The first-order valence-corrected chi connectivity index (χ1v) is 6.76. The van der Waals surface area contributed by atoms with Crippen molar-refractivity contribution in [3.05, 3.63) is 46.5 Å². The average molecular weight is 310 g/mol. The Morgan fingerprint density at radius 3 is 2.56 bits per heavy atom. The van der Waals surface area contributed by atoms with Crippen LogP contribution < -0.4 is 0 Å². The summed E-state index contributed by atoms with van der Waals surface area (Å²) in [5.74, 6) is 0.0259. The molecular weight excluding hydrogens is 290 g/mol. The normalized spacial score (nSPS) is 11.2. The Morgan fingerprint density at radius 2 is 2.06 bits per heavy atom. The van der Waals surface area contributed by atoms with Crippen molar-refractivity contribution in [2.45, 2.75) is 33.2 Å². The molecule has 0 aliphatic heterocycles. The van der Waals surface area contributed by atoms with Gasteiger partial charge in [-0.15, -0.1) is 6.58 Å². The summed E-state index contributed by atoms with van der Waals surface area (Å²) in [5.41, 5.74) is 1.54. The van der Waals surface area contributed by atoms with Gasteiger partial charge in [-0.2, -0.15) is 0 Å². The topological polar surface area (TPSA) is 20.3 Å². The molecule has 0 aliphatic rings. The van der Waals surface area contributed by atoms with E-state index in [-0.39, 0.29) is 11.4 Å². The van der Waals surface area contributed by atoms with Gasteiger partial charge in [-0.25, -0.2) is 0 Å². The van der Waals surface area contributed by atoms with Crippen molar-refractivity contribution >= 4 is 21.8 Å². The highest BCUT2D eigenvalue weighted by atomic mass is 79.9. The van der Waals surface area contributed by atoms with Crippen LogP contribution in [0.5, 0.6) is 0 Å². The highest BCUT2D eigenvalue weighted by molar-refractivity contribution is 9.10. The molecule has 18 heavy (non-hydrogen) atoms. The summed E-state index contributed by atoms with van der Waals surface area (Å²) in [6.07, 6.45) is 1.76. The van der Waals surface area contributed by atoms with Gasteiger partial charge in [0.2, 0.25) is 0 Å². The molecule has 0 radical (unpaired) electrons. The minimum atomic E-state index is -0.228. The van der Waals surface area contributed by atoms with Crippen LogP contribution in [0.4, 0.5) is 0 Å². The molecule has 0 N–H and O–H groups in total. The highest BCUT2D eigenvalue weighted by Crippen LogP contribution is 2.25. The zero-order valence-electron chi connectivity index (χ0n) is 11.5. The molecule has 2 nitrogen and oxygen atoms in total. The number of amides is 1. The monoisotopic (exact) mass is 309 g/mol. The van der Waals surface area contributed by atoms with Crippen LogP contribution in [0.1, 0.15) is 36.7 Å². The number of aryl methyl sites for hydroxylation is 1. The van der Waals surface area contributed by atoms with Gasteiger partial charge in [0.05, 0.1) is 5.56 Å². The van der Waals surface area contributed by atoms with Gasteiger partial charge in [-0.1, -0.05) is 18.2 Å². The zero-order chi connectivity index (χ0) is 13.9. The number of rotatable bonds is 3. The number of carbonyl (C=O) groups excluding carboxylic acids is 1. The number of benzene rings is 1. The van der Waals surface area contributed by atoms with E-state index >= 15 is 0 Å². The summed E-state index contributed by atoms with van der Waals surface area (Å²) in [7, 11) is 0. The van der Waals surface area contributed by atoms with E-state index in [9.17, 15) is 4.79 Å². The number of carbonyl (C=O) groups is 1. The second-order valence-electron chi connectivity index (χ2n) is 5.31. The van der Waals surface area contributed by atoms with Crippen LogP contribution in [-0.2, 0) is 0 Å². The molecule has 1 aromatic carbocycles. The second-order valence-corrected chi connectivity index (χ2v) is 6.10. The molecule has 98 valence electrons. The maximum atomic E-state index is 12.6. The fourth-order valence-electron chi connectivity index (χ4n) is 1.75. The first-order valence-electron chi connectivity index (χ1n) is 5.97. The van der Waals surface area contributed by atoms with Crippen LogP contribution in [0.3, 0.4) is 0 Å². The van der Waals surface area contributed by atoms with E-state index in [0.29, 0.717) is 12.1 Å². The van der Waals surface area contributed by atoms with Crippen LogP contribution >= 0.6 is 15.9 Å². The molecule has 0 saturated heterocycles. The molecule has 3 heteroatoms. The quantitative estimate of drug-likeness (QED) is 0.767. The van der Waals surface area contributed by atoms with Crippen molar-refractivity contribution < 1.29 is 4.79 Å². The summed E-state index contributed by atoms with van der Waals surface area (Å²) in [6, 6.07) is 5.74. The standard InChI is InChI=1S/C15H20BrNO/c1-6-10-17(15(3,4)5)14(18)12-9-7-8-11(2)13(12)16/h6-9H,1,10H2,2-5H3. The van der Waals surface area contributed by atoms with Crippen LogP contribution in [0, 0.1) is 6.92 Å². The number of nitrogens with zero attached hydrogens (tertiary/aromatic N) is 1. The van der Waals surface area contributed by atoms with Gasteiger partial charge in [-0.3, -0.25) is 4.79 Å². The van der Waals surface area contributed by atoms with Gasteiger partial charge in [-0.05, 0) is 55.3 Å². The number of halogens is 1. The smallest absolute Gasteiger partial charge is 0.255 e. The molecule has 0 unspecified atom stereocenters. The molecule has 1 aromatic rings. The van der Waals surface area contributed by atoms with E-state index in [1.165, 1.54) is 0 Å². The Hall–Kier alpha value is -1.09. The van der Waals surface area contributed by atoms with Crippen molar-refractivity contribution in [2.75, 3.05) is 6.54 Å². The minimum absolute atomic E-state index is 0.0259. The van der Waals surface area contributed by atoms with Crippen molar-refractivity contribution in [3.8, 4) is 0 Å². The van der Waals surface area contributed by atoms with Gasteiger partial charge >= 0.3 is 0 Å². The summed E-state index contributed by atoms with van der Waals surface area (Å²) in [4.78, 5) is 14.4. The molecule has 0 spiro atoms. The third kappa shape index (κ3) is 3.22. The van der Waals surface area contributed by atoms with E-state index in [1.54, 1.807) is 6.08 Å². The Bertz CT molecular complexity index is 460. The molecule has 1 amide bonds. The lowest BCUT2D eigenvalue weighted by molar-refractivity contribution is 0.0615. The van der Waals surface area contributed by atoms with Crippen molar-refractivity contribution in [3.63, 3.8) is 0 Å². The second kappa shape index (κ2) is 5.70. The van der Waals surface area contributed by atoms with Gasteiger partial charge in [0.25, 0.3) is 5.91 Å². The average Bonchev–Trinajstić information content (AvgIpc) is 2.27. The Balaban J connectivity index is 3.18. The van der Waals surface area contributed by atoms with Crippen molar-refractivity contribution in [1.29, 1.82) is 0 Å². The van der Waals surface area contributed by atoms with E-state index in [0.717, 1.165) is 10.0 Å². The molecule has 0 saturated carbocycles. The fourth-order valence-corrected chi connectivity index (χ4v) is 2.18. The van der Waals surface area contributed by atoms with Gasteiger partial charge in [0.15, 0.2) is 0 Å². The molecule has 0 fully saturated rings. The Labute approximate surface area is 118 Å². The van der Waals surface area contributed by atoms with Gasteiger partial charge in [0, 0.05) is 16.6 Å².